The minimum absolute atomic E-state index is 0.167. The Hall–Kier alpha value is -0.340. The fourth-order valence-electron chi connectivity index (χ4n) is 0.886. The number of rotatable bonds is 4. The van der Waals surface area contributed by atoms with Crippen molar-refractivity contribution in [3.63, 3.8) is 0 Å². The molecule has 2 heteroatoms. The maximum atomic E-state index is 5.02. The largest absolute Gasteiger partial charge is 0.352 e. The van der Waals surface area contributed by atoms with Gasteiger partial charge in [0, 0.05) is 14.2 Å². The summed E-state index contributed by atoms with van der Waals surface area (Å²) < 4.78 is 10.0. The minimum Gasteiger partial charge on any atom is -0.352 e. The van der Waals surface area contributed by atoms with Crippen LogP contribution >= 0.6 is 0 Å². The Balaban J connectivity index is 3.87. The van der Waals surface area contributed by atoms with E-state index >= 15 is 0 Å². The Labute approximate surface area is 62.8 Å². The predicted octanol–water partition coefficient (Wildman–Crippen LogP) is 1.96. The number of methoxy groups -OCH3 is 2. The highest BCUT2D eigenvalue weighted by atomic mass is 16.7. The summed E-state index contributed by atoms with van der Waals surface area (Å²) >= 11 is 0. The van der Waals surface area contributed by atoms with Gasteiger partial charge in [-0.3, -0.25) is 0 Å². The number of hydrogen-bond donors (Lipinski definition) is 0. The molecule has 0 unspecified atom stereocenters. The number of ether oxygens (including phenoxy) is 2. The fraction of sp³-hybridized carbons (Fsp3) is 0.750. The molecule has 2 nitrogen and oxygen atoms in total. The molecule has 0 bridgehead atoms. The van der Waals surface area contributed by atoms with E-state index in [-0.39, 0.29) is 6.29 Å². The van der Waals surface area contributed by atoms with Crippen LogP contribution in [0.5, 0.6) is 0 Å². The molecule has 0 fully saturated rings. The predicted molar refractivity (Wildman–Crippen MR) is 41.9 cm³/mol. The van der Waals surface area contributed by atoms with Gasteiger partial charge < -0.3 is 9.47 Å². The molecule has 0 aliphatic carbocycles. The third kappa shape index (κ3) is 2.99. The Morgan fingerprint density at radius 2 is 1.90 bits per heavy atom. The first kappa shape index (κ1) is 9.66. The quantitative estimate of drug-likeness (QED) is 0.443. The van der Waals surface area contributed by atoms with Crippen LogP contribution in [-0.4, -0.2) is 20.5 Å². The molecule has 0 saturated heterocycles. The maximum Gasteiger partial charge on any atom is 0.178 e. The van der Waals surface area contributed by atoms with Crippen molar-refractivity contribution in [3.8, 4) is 0 Å². The summed E-state index contributed by atoms with van der Waals surface area (Å²) in [4.78, 5) is 0. The van der Waals surface area contributed by atoms with Crippen LogP contribution in [0.15, 0.2) is 11.6 Å². The molecule has 0 radical (unpaired) electrons. The van der Waals surface area contributed by atoms with E-state index in [0.717, 1.165) is 12.0 Å². The molecule has 0 N–H and O–H groups in total. The summed E-state index contributed by atoms with van der Waals surface area (Å²) in [6, 6.07) is 0. The summed E-state index contributed by atoms with van der Waals surface area (Å²) in [6.45, 7) is 4.09. The van der Waals surface area contributed by atoms with Crippen LogP contribution in [0.3, 0.4) is 0 Å². The van der Waals surface area contributed by atoms with Gasteiger partial charge in [0.2, 0.25) is 0 Å². The smallest absolute Gasteiger partial charge is 0.178 e. The molecule has 0 saturated carbocycles. The van der Waals surface area contributed by atoms with E-state index in [1.165, 1.54) is 0 Å². The van der Waals surface area contributed by atoms with Crippen LogP contribution < -0.4 is 0 Å². The van der Waals surface area contributed by atoms with E-state index in [9.17, 15) is 0 Å². The zero-order valence-electron chi connectivity index (χ0n) is 7.18. The van der Waals surface area contributed by atoms with Crippen molar-refractivity contribution in [1.82, 2.24) is 0 Å². The summed E-state index contributed by atoms with van der Waals surface area (Å²) in [5.41, 5.74) is 1.13. The molecule has 0 aromatic heterocycles. The van der Waals surface area contributed by atoms with Crippen LogP contribution in [0.25, 0.3) is 0 Å². The van der Waals surface area contributed by atoms with Crippen molar-refractivity contribution >= 4 is 0 Å². The van der Waals surface area contributed by atoms with Crippen LogP contribution in [0, 0.1) is 0 Å². The van der Waals surface area contributed by atoms with Gasteiger partial charge in [-0.15, -0.1) is 0 Å². The first-order valence-corrected chi connectivity index (χ1v) is 3.48. The lowest BCUT2D eigenvalue weighted by atomic mass is 10.2. The molecule has 0 amide bonds. The van der Waals surface area contributed by atoms with Crippen molar-refractivity contribution in [3.05, 3.63) is 11.6 Å². The van der Waals surface area contributed by atoms with Crippen molar-refractivity contribution in [1.29, 1.82) is 0 Å². The molecule has 0 aliphatic rings. The SMILES string of the molecule is CC/C=C(\C)C(OC)OC. The lowest BCUT2D eigenvalue weighted by Crippen LogP contribution is -2.13. The van der Waals surface area contributed by atoms with E-state index in [1.807, 2.05) is 6.92 Å². The highest BCUT2D eigenvalue weighted by Gasteiger charge is 2.04. The highest BCUT2D eigenvalue weighted by molar-refractivity contribution is 5.00. The van der Waals surface area contributed by atoms with E-state index < -0.39 is 0 Å². The van der Waals surface area contributed by atoms with Gasteiger partial charge in [0.25, 0.3) is 0 Å². The Morgan fingerprint density at radius 3 is 2.20 bits per heavy atom. The molecule has 0 atom stereocenters. The van der Waals surface area contributed by atoms with Crippen LogP contribution in [0.2, 0.25) is 0 Å². The number of allylic oxidation sites excluding steroid dienone is 1. The topological polar surface area (TPSA) is 18.5 Å². The molecule has 0 heterocycles. The Morgan fingerprint density at radius 1 is 1.40 bits per heavy atom. The first-order valence-electron chi connectivity index (χ1n) is 3.48. The summed E-state index contributed by atoms with van der Waals surface area (Å²) in [5, 5.41) is 0. The second kappa shape index (κ2) is 5.45. The molecule has 0 aromatic rings. The van der Waals surface area contributed by atoms with E-state index in [0.29, 0.717) is 0 Å². The van der Waals surface area contributed by atoms with Crippen molar-refractivity contribution in [2.45, 2.75) is 26.6 Å². The standard InChI is InChI=1S/C8H16O2/c1-5-6-7(2)8(9-3)10-4/h6,8H,5H2,1-4H3/b7-6+. The number of hydrogen-bond acceptors (Lipinski definition) is 2. The van der Waals surface area contributed by atoms with Gasteiger partial charge in [-0.2, -0.15) is 0 Å². The van der Waals surface area contributed by atoms with Gasteiger partial charge in [0.05, 0.1) is 0 Å². The molecule has 0 rings (SSSR count). The van der Waals surface area contributed by atoms with E-state index in [1.54, 1.807) is 14.2 Å². The van der Waals surface area contributed by atoms with Gasteiger partial charge in [0.1, 0.15) is 0 Å². The first-order chi connectivity index (χ1) is 4.76. The zero-order chi connectivity index (χ0) is 7.98. The van der Waals surface area contributed by atoms with Crippen LogP contribution in [0.1, 0.15) is 20.3 Å². The van der Waals surface area contributed by atoms with Gasteiger partial charge in [-0.1, -0.05) is 13.0 Å². The van der Waals surface area contributed by atoms with Crippen molar-refractivity contribution in [2.24, 2.45) is 0 Å². The normalized spacial score (nSPS) is 12.7. The van der Waals surface area contributed by atoms with Crippen LogP contribution in [-0.2, 0) is 9.47 Å². The monoisotopic (exact) mass is 144 g/mol. The molecule has 0 aliphatic heterocycles. The average Bonchev–Trinajstić information content (AvgIpc) is 1.91. The lowest BCUT2D eigenvalue weighted by molar-refractivity contribution is -0.0748. The minimum atomic E-state index is -0.167. The highest BCUT2D eigenvalue weighted by Crippen LogP contribution is 2.05. The van der Waals surface area contributed by atoms with Crippen molar-refractivity contribution < 1.29 is 9.47 Å². The Kier molecular flexibility index (Phi) is 5.26. The van der Waals surface area contributed by atoms with E-state index in [4.69, 9.17) is 9.47 Å². The third-order valence-corrected chi connectivity index (χ3v) is 1.33. The summed E-state index contributed by atoms with van der Waals surface area (Å²) in [7, 11) is 3.28. The average molecular weight is 144 g/mol. The van der Waals surface area contributed by atoms with Gasteiger partial charge in [0.15, 0.2) is 6.29 Å². The van der Waals surface area contributed by atoms with Gasteiger partial charge in [-0.25, -0.2) is 0 Å². The molecular weight excluding hydrogens is 128 g/mol. The molecular formula is C8H16O2. The zero-order valence-corrected chi connectivity index (χ0v) is 7.18. The molecule has 60 valence electrons. The summed E-state index contributed by atoms with van der Waals surface area (Å²) in [6.07, 6.45) is 2.95. The van der Waals surface area contributed by atoms with Crippen molar-refractivity contribution in [2.75, 3.05) is 14.2 Å². The Bertz CT molecular complexity index is 104. The molecule has 10 heavy (non-hydrogen) atoms. The maximum absolute atomic E-state index is 5.02. The third-order valence-electron chi connectivity index (χ3n) is 1.33. The fourth-order valence-corrected chi connectivity index (χ4v) is 0.886. The van der Waals surface area contributed by atoms with Crippen LogP contribution in [0.4, 0.5) is 0 Å². The summed E-state index contributed by atoms with van der Waals surface area (Å²) in [5.74, 6) is 0. The lowest BCUT2D eigenvalue weighted by Gasteiger charge is -2.13. The molecule has 0 spiro atoms. The van der Waals surface area contributed by atoms with Gasteiger partial charge in [-0.05, 0) is 18.9 Å². The van der Waals surface area contributed by atoms with E-state index in [2.05, 4.69) is 13.0 Å². The second-order valence-electron chi connectivity index (χ2n) is 2.16. The second-order valence-corrected chi connectivity index (χ2v) is 2.16. The molecule has 0 aromatic carbocycles. The van der Waals surface area contributed by atoms with Gasteiger partial charge >= 0.3 is 0 Å².